The number of rotatable bonds is 7. The van der Waals surface area contributed by atoms with Crippen molar-refractivity contribution in [3.63, 3.8) is 0 Å². The summed E-state index contributed by atoms with van der Waals surface area (Å²) in [4.78, 5) is 18.6. The van der Waals surface area contributed by atoms with Crippen molar-refractivity contribution in [1.82, 2.24) is 10.2 Å². The van der Waals surface area contributed by atoms with Crippen molar-refractivity contribution in [2.24, 2.45) is 10.9 Å². The maximum absolute atomic E-state index is 11.8. The van der Waals surface area contributed by atoms with E-state index in [9.17, 15) is 4.79 Å². The van der Waals surface area contributed by atoms with Crippen LogP contribution < -0.4 is 10.1 Å². The third-order valence-electron chi connectivity index (χ3n) is 4.34. The van der Waals surface area contributed by atoms with Gasteiger partial charge in [0.15, 0.2) is 5.96 Å². The summed E-state index contributed by atoms with van der Waals surface area (Å²) in [6, 6.07) is 5.40. The lowest BCUT2D eigenvalue weighted by atomic mass is 10.1. The second-order valence-electron chi connectivity index (χ2n) is 6.31. The van der Waals surface area contributed by atoms with Gasteiger partial charge in [0.2, 0.25) is 0 Å². The molecule has 1 heterocycles. The highest BCUT2D eigenvalue weighted by Gasteiger charge is 2.19. The molecule has 0 saturated carbocycles. The van der Waals surface area contributed by atoms with Gasteiger partial charge < -0.3 is 24.4 Å². The minimum Gasteiger partial charge on any atom is -0.496 e. The van der Waals surface area contributed by atoms with Crippen molar-refractivity contribution < 1.29 is 19.0 Å². The van der Waals surface area contributed by atoms with E-state index >= 15 is 0 Å². The van der Waals surface area contributed by atoms with Crippen molar-refractivity contribution >= 4 is 35.9 Å². The van der Waals surface area contributed by atoms with E-state index in [0.717, 1.165) is 44.2 Å². The van der Waals surface area contributed by atoms with Gasteiger partial charge in [-0.05, 0) is 31.0 Å². The van der Waals surface area contributed by atoms with Crippen LogP contribution in [0.3, 0.4) is 0 Å². The fraction of sp³-hybridized carbons (Fsp3) is 0.579. The molecule has 1 aliphatic heterocycles. The number of hydrogen-bond donors (Lipinski definition) is 1. The summed E-state index contributed by atoms with van der Waals surface area (Å²) in [7, 11) is 4.94. The van der Waals surface area contributed by atoms with E-state index in [4.69, 9.17) is 19.2 Å². The molecule has 1 aromatic carbocycles. The summed E-state index contributed by atoms with van der Waals surface area (Å²) in [6.45, 7) is 5.92. The van der Waals surface area contributed by atoms with Gasteiger partial charge in [0.05, 0.1) is 27.4 Å². The fourth-order valence-corrected chi connectivity index (χ4v) is 2.95. The predicted molar refractivity (Wildman–Crippen MR) is 116 cm³/mol. The van der Waals surface area contributed by atoms with Crippen LogP contribution in [0.5, 0.6) is 5.75 Å². The van der Waals surface area contributed by atoms with Crippen LogP contribution in [0.25, 0.3) is 0 Å². The molecule has 27 heavy (non-hydrogen) atoms. The molecule has 1 aromatic rings. The second kappa shape index (κ2) is 12.0. The first-order valence-electron chi connectivity index (χ1n) is 8.91. The highest BCUT2D eigenvalue weighted by atomic mass is 127. The third-order valence-corrected chi connectivity index (χ3v) is 4.34. The Labute approximate surface area is 178 Å². The minimum atomic E-state index is -0.413. The summed E-state index contributed by atoms with van der Waals surface area (Å²) >= 11 is 0. The lowest BCUT2D eigenvalue weighted by Crippen LogP contribution is -2.41. The Kier molecular flexibility index (Phi) is 10.5. The maximum Gasteiger partial charge on any atom is 0.341 e. The summed E-state index contributed by atoms with van der Waals surface area (Å²) in [6.07, 6.45) is 1.09. The summed E-state index contributed by atoms with van der Waals surface area (Å²) < 4.78 is 15.5. The van der Waals surface area contributed by atoms with Crippen molar-refractivity contribution in [1.29, 1.82) is 0 Å². The minimum absolute atomic E-state index is 0. The molecule has 0 spiro atoms. The van der Waals surface area contributed by atoms with Crippen LogP contribution in [-0.2, 0) is 16.0 Å². The zero-order valence-electron chi connectivity index (χ0n) is 16.5. The Morgan fingerprint density at radius 2 is 2.19 bits per heavy atom. The van der Waals surface area contributed by atoms with Crippen LogP contribution in [0.4, 0.5) is 0 Å². The maximum atomic E-state index is 11.8. The van der Waals surface area contributed by atoms with Gasteiger partial charge in [-0.1, -0.05) is 6.07 Å². The van der Waals surface area contributed by atoms with Crippen molar-refractivity contribution in [2.75, 3.05) is 47.6 Å². The third kappa shape index (κ3) is 6.84. The summed E-state index contributed by atoms with van der Waals surface area (Å²) in [5, 5.41) is 3.32. The van der Waals surface area contributed by atoms with Gasteiger partial charge in [-0.2, -0.15) is 0 Å². The predicted octanol–water partition coefficient (Wildman–Crippen LogP) is 2.53. The highest BCUT2D eigenvalue weighted by molar-refractivity contribution is 14.0. The molecule has 1 aliphatic rings. The number of ether oxygens (including phenoxy) is 3. The van der Waals surface area contributed by atoms with Crippen molar-refractivity contribution in [3.05, 3.63) is 29.3 Å². The lowest BCUT2D eigenvalue weighted by molar-refractivity contribution is 0.0597. The zero-order chi connectivity index (χ0) is 18.9. The smallest absolute Gasteiger partial charge is 0.341 e. The molecule has 1 unspecified atom stereocenters. The average Bonchev–Trinajstić information content (AvgIpc) is 3.17. The van der Waals surface area contributed by atoms with E-state index in [2.05, 4.69) is 17.1 Å². The van der Waals surface area contributed by atoms with E-state index in [1.165, 1.54) is 14.2 Å². The number of esters is 1. The molecule has 1 atom stereocenters. The van der Waals surface area contributed by atoms with Crippen LogP contribution in [0, 0.1) is 5.92 Å². The van der Waals surface area contributed by atoms with Gasteiger partial charge in [0.25, 0.3) is 0 Å². The Morgan fingerprint density at radius 3 is 2.78 bits per heavy atom. The molecule has 2 rings (SSSR count). The molecule has 0 aliphatic carbocycles. The van der Waals surface area contributed by atoms with Crippen LogP contribution in [-0.4, -0.2) is 64.4 Å². The lowest BCUT2D eigenvalue weighted by Gasteiger charge is -2.24. The quantitative estimate of drug-likeness (QED) is 0.274. The van der Waals surface area contributed by atoms with E-state index in [0.29, 0.717) is 23.8 Å². The first-order chi connectivity index (χ1) is 12.6. The van der Waals surface area contributed by atoms with Crippen LogP contribution >= 0.6 is 24.0 Å². The molecule has 7 nitrogen and oxygen atoms in total. The molecular weight excluding hydrogens is 461 g/mol. The van der Waals surface area contributed by atoms with E-state index in [1.807, 2.05) is 19.2 Å². The topological polar surface area (TPSA) is 72.4 Å². The molecule has 0 aromatic heterocycles. The van der Waals surface area contributed by atoms with Gasteiger partial charge in [-0.25, -0.2) is 9.79 Å². The van der Waals surface area contributed by atoms with Gasteiger partial charge in [0, 0.05) is 32.7 Å². The first kappa shape index (κ1) is 23.5. The van der Waals surface area contributed by atoms with Crippen molar-refractivity contribution in [3.8, 4) is 5.75 Å². The number of carbonyl (C=O) groups excluding carboxylic acids is 1. The number of nitrogens with zero attached hydrogens (tertiary/aromatic N) is 2. The van der Waals surface area contributed by atoms with Crippen molar-refractivity contribution in [2.45, 2.75) is 19.9 Å². The normalized spacial score (nSPS) is 16.4. The summed E-state index contributed by atoms with van der Waals surface area (Å²) in [5.41, 5.74) is 1.37. The Bertz CT molecular complexity index is 633. The van der Waals surface area contributed by atoms with Crippen LogP contribution in [0.2, 0.25) is 0 Å². The fourth-order valence-electron chi connectivity index (χ4n) is 2.95. The largest absolute Gasteiger partial charge is 0.496 e. The standard InChI is InChI=1S/C19H29N3O4.HI/c1-5-20-19(22(2)12-15-8-9-26-13-15)21-11-14-6-7-16(18(23)25-4)17(10-14)24-3;/h6-7,10,15H,5,8-9,11-13H2,1-4H3,(H,20,21);1H. The number of aliphatic imine (C=N–C) groups is 1. The summed E-state index contributed by atoms with van der Waals surface area (Å²) in [5.74, 6) is 1.48. The van der Waals surface area contributed by atoms with E-state index in [-0.39, 0.29) is 24.0 Å². The molecular formula is C19H30IN3O4. The Hall–Kier alpha value is -1.55. The van der Waals surface area contributed by atoms with Crippen LogP contribution in [0.1, 0.15) is 29.3 Å². The number of benzene rings is 1. The monoisotopic (exact) mass is 491 g/mol. The average molecular weight is 491 g/mol. The second-order valence-corrected chi connectivity index (χ2v) is 6.31. The number of methoxy groups -OCH3 is 2. The molecule has 0 bridgehead atoms. The molecule has 1 fully saturated rings. The molecule has 8 heteroatoms. The first-order valence-corrected chi connectivity index (χ1v) is 8.91. The Balaban J connectivity index is 0.00000364. The number of guanidine groups is 1. The van der Waals surface area contributed by atoms with E-state index in [1.54, 1.807) is 6.07 Å². The van der Waals surface area contributed by atoms with Crippen LogP contribution in [0.15, 0.2) is 23.2 Å². The number of nitrogens with one attached hydrogen (secondary N) is 1. The van der Waals surface area contributed by atoms with Gasteiger partial charge >= 0.3 is 5.97 Å². The van der Waals surface area contributed by atoms with E-state index < -0.39 is 5.97 Å². The molecule has 1 N–H and O–H groups in total. The molecule has 0 radical (unpaired) electrons. The highest BCUT2D eigenvalue weighted by Crippen LogP contribution is 2.21. The van der Waals surface area contributed by atoms with Gasteiger partial charge in [-0.15, -0.1) is 24.0 Å². The molecule has 0 amide bonds. The number of carbonyl (C=O) groups is 1. The van der Waals surface area contributed by atoms with Gasteiger partial charge in [0.1, 0.15) is 11.3 Å². The number of halogens is 1. The van der Waals surface area contributed by atoms with Gasteiger partial charge in [-0.3, -0.25) is 0 Å². The SMILES string of the molecule is CCNC(=NCc1ccc(C(=O)OC)c(OC)c1)N(C)CC1CCOC1.I. The zero-order valence-corrected chi connectivity index (χ0v) is 18.8. The Morgan fingerprint density at radius 1 is 1.41 bits per heavy atom. The molecule has 152 valence electrons. The molecule has 1 saturated heterocycles. The number of hydrogen-bond acceptors (Lipinski definition) is 5.